The number of phenols is 1. The Bertz CT molecular complexity index is 363. The number of hydrogen-bond acceptors (Lipinski definition) is 3. The minimum atomic E-state index is 0.0681. The highest BCUT2D eigenvalue weighted by atomic mass is 79.9. The summed E-state index contributed by atoms with van der Waals surface area (Å²) in [7, 11) is 0. The fraction of sp³-hybridized carbons (Fsp3) is 0.125. The third-order valence-corrected chi connectivity index (χ3v) is 2.63. The number of oxime groups is 1. The van der Waals surface area contributed by atoms with E-state index in [0.29, 0.717) is 15.7 Å². The van der Waals surface area contributed by atoms with E-state index in [-0.39, 0.29) is 5.75 Å². The first-order valence-corrected chi connectivity index (χ1v) is 5.02. The predicted octanol–water partition coefficient (Wildman–Crippen LogP) is 3.12. The van der Waals surface area contributed by atoms with Crippen LogP contribution in [0.1, 0.15) is 12.5 Å². The van der Waals surface area contributed by atoms with Gasteiger partial charge in [0.15, 0.2) is 0 Å². The van der Waals surface area contributed by atoms with Crippen LogP contribution in [0.3, 0.4) is 0 Å². The van der Waals surface area contributed by atoms with Crippen LogP contribution in [0.5, 0.6) is 5.75 Å². The summed E-state index contributed by atoms with van der Waals surface area (Å²) in [6.07, 6.45) is 0. The minimum absolute atomic E-state index is 0.0681. The maximum atomic E-state index is 9.56. The van der Waals surface area contributed by atoms with Gasteiger partial charge in [-0.3, -0.25) is 0 Å². The van der Waals surface area contributed by atoms with E-state index < -0.39 is 0 Å². The summed E-state index contributed by atoms with van der Waals surface area (Å²) in [6, 6.07) is 3.39. The summed E-state index contributed by atoms with van der Waals surface area (Å²) in [5.41, 5.74) is 0.850. The Labute approximate surface area is 92.3 Å². The maximum Gasteiger partial charge on any atom is 0.138 e. The van der Waals surface area contributed by atoms with E-state index in [0.717, 1.165) is 4.47 Å². The van der Waals surface area contributed by atoms with Crippen molar-refractivity contribution >= 4 is 37.6 Å². The van der Waals surface area contributed by atoms with Gasteiger partial charge in [-0.2, -0.15) is 0 Å². The smallest absolute Gasteiger partial charge is 0.138 e. The van der Waals surface area contributed by atoms with Gasteiger partial charge < -0.3 is 10.3 Å². The number of nitrogens with zero attached hydrogens (tertiary/aromatic N) is 1. The maximum absolute atomic E-state index is 9.56. The van der Waals surface area contributed by atoms with E-state index in [9.17, 15) is 5.11 Å². The monoisotopic (exact) mass is 307 g/mol. The van der Waals surface area contributed by atoms with Crippen molar-refractivity contribution in [3.05, 3.63) is 26.6 Å². The molecule has 5 heteroatoms. The lowest BCUT2D eigenvalue weighted by Crippen LogP contribution is -1.95. The van der Waals surface area contributed by atoms with Gasteiger partial charge >= 0.3 is 0 Å². The normalized spacial score (nSPS) is 11.8. The fourth-order valence-corrected chi connectivity index (χ4v) is 2.12. The van der Waals surface area contributed by atoms with Crippen LogP contribution in [-0.2, 0) is 0 Å². The van der Waals surface area contributed by atoms with Gasteiger partial charge in [0.1, 0.15) is 5.75 Å². The molecule has 0 bridgehead atoms. The first-order valence-electron chi connectivity index (χ1n) is 3.43. The number of rotatable bonds is 1. The van der Waals surface area contributed by atoms with E-state index in [1.165, 1.54) is 0 Å². The molecule has 0 atom stereocenters. The SMILES string of the molecule is C/C(=N\O)c1cc(Br)cc(Br)c1O. The molecule has 0 spiro atoms. The molecule has 0 fully saturated rings. The molecule has 1 rings (SSSR count). The Morgan fingerprint density at radius 3 is 2.54 bits per heavy atom. The summed E-state index contributed by atoms with van der Waals surface area (Å²) in [6.45, 7) is 1.61. The lowest BCUT2D eigenvalue weighted by Gasteiger charge is -2.05. The number of hydrogen-bond donors (Lipinski definition) is 2. The zero-order valence-electron chi connectivity index (χ0n) is 6.75. The molecule has 0 unspecified atom stereocenters. The van der Waals surface area contributed by atoms with Crippen molar-refractivity contribution in [2.75, 3.05) is 0 Å². The van der Waals surface area contributed by atoms with E-state index in [1.807, 2.05) is 0 Å². The van der Waals surface area contributed by atoms with Gasteiger partial charge in [0.25, 0.3) is 0 Å². The first-order chi connectivity index (χ1) is 6.06. The second-order valence-corrected chi connectivity index (χ2v) is 4.24. The molecule has 0 heterocycles. The predicted molar refractivity (Wildman–Crippen MR) is 57.5 cm³/mol. The van der Waals surface area contributed by atoms with Crippen molar-refractivity contribution in [1.82, 2.24) is 0 Å². The Hall–Kier alpha value is -0.550. The number of aromatic hydroxyl groups is 1. The molecule has 0 amide bonds. The zero-order valence-corrected chi connectivity index (χ0v) is 9.92. The van der Waals surface area contributed by atoms with Gasteiger partial charge in [-0.05, 0) is 35.0 Å². The standard InChI is InChI=1S/C8H7Br2NO2/c1-4(11-13)6-2-5(9)3-7(10)8(6)12/h2-3,12-13H,1H3/b11-4+. The molecule has 13 heavy (non-hydrogen) atoms. The Morgan fingerprint density at radius 2 is 2.00 bits per heavy atom. The molecular weight excluding hydrogens is 302 g/mol. The lowest BCUT2D eigenvalue weighted by molar-refractivity contribution is 0.318. The van der Waals surface area contributed by atoms with Gasteiger partial charge in [0.05, 0.1) is 10.2 Å². The van der Waals surface area contributed by atoms with Gasteiger partial charge in [0.2, 0.25) is 0 Å². The second-order valence-electron chi connectivity index (χ2n) is 2.47. The fourth-order valence-electron chi connectivity index (χ4n) is 0.896. The molecule has 0 saturated carbocycles. The van der Waals surface area contributed by atoms with Gasteiger partial charge in [0, 0.05) is 10.0 Å². The molecule has 1 aromatic rings. The summed E-state index contributed by atoms with van der Waals surface area (Å²) in [5, 5.41) is 21.1. The van der Waals surface area contributed by atoms with Crippen LogP contribution in [0.2, 0.25) is 0 Å². The van der Waals surface area contributed by atoms with Crippen LogP contribution in [0.4, 0.5) is 0 Å². The van der Waals surface area contributed by atoms with Gasteiger partial charge in [-0.15, -0.1) is 0 Å². The van der Waals surface area contributed by atoms with Crippen LogP contribution in [-0.4, -0.2) is 16.0 Å². The van der Waals surface area contributed by atoms with E-state index >= 15 is 0 Å². The minimum Gasteiger partial charge on any atom is -0.506 e. The second kappa shape index (κ2) is 4.11. The molecule has 2 N–H and O–H groups in total. The third kappa shape index (κ3) is 2.22. The summed E-state index contributed by atoms with van der Waals surface area (Å²) >= 11 is 6.44. The molecule has 0 aliphatic rings. The van der Waals surface area contributed by atoms with Crippen molar-refractivity contribution in [2.45, 2.75) is 6.92 Å². The van der Waals surface area contributed by atoms with Crippen LogP contribution in [0.25, 0.3) is 0 Å². The average Bonchev–Trinajstić information content (AvgIpc) is 2.10. The van der Waals surface area contributed by atoms with Crippen molar-refractivity contribution < 1.29 is 10.3 Å². The molecule has 70 valence electrons. The molecule has 3 nitrogen and oxygen atoms in total. The quantitative estimate of drug-likeness (QED) is 0.476. The lowest BCUT2D eigenvalue weighted by atomic mass is 10.1. The zero-order chi connectivity index (χ0) is 10.0. The van der Waals surface area contributed by atoms with E-state index in [2.05, 4.69) is 37.0 Å². The summed E-state index contributed by atoms with van der Waals surface area (Å²) in [4.78, 5) is 0. The van der Waals surface area contributed by atoms with Crippen LogP contribution in [0.15, 0.2) is 26.2 Å². The summed E-state index contributed by atoms with van der Waals surface area (Å²) in [5.74, 6) is 0.0681. The summed E-state index contributed by atoms with van der Waals surface area (Å²) < 4.78 is 1.36. The Balaban J connectivity index is 3.37. The van der Waals surface area contributed by atoms with E-state index in [4.69, 9.17) is 5.21 Å². The van der Waals surface area contributed by atoms with Crippen molar-refractivity contribution in [3.63, 3.8) is 0 Å². The Kier molecular flexibility index (Phi) is 3.33. The third-order valence-electron chi connectivity index (χ3n) is 1.57. The first kappa shape index (κ1) is 10.5. The molecular formula is C8H7Br2NO2. The van der Waals surface area contributed by atoms with Crippen molar-refractivity contribution in [1.29, 1.82) is 0 Å². The van der Waals surface area contributed by atoms with Crippen molar-refractivity contribution in [3.8, 4) is 5.75 Å². The molecule has 0 aromatic heterocycles. The molecule has 0 aliphatic heterocycles. The van der Waals surface area contributed by atoms with Gasteiger partial charge in [-0.1, -0.05) is 21.1 Å². The highest BCUT2D eigenvalue weighted by molar-refractivity contribution is 9.11. The molecule has 0 aliphatic carbocycles. The number of halogens is 2. The van der Waals surface area contributed by atoms with Crippen molar-refractivity contribution in [2.24, 2.45) is 5.16 Å². The van der Waals surface area contributed by atoms with Crippen LogP contribution >= 0.6 is 31.9 Å². The van der Waals surface area contributed by atoms with Gasteiger partial charge in [-0.25, -0.2) is 0 Å². The highest BCUT2D eigenvalue weighted by Crippen LogP contribution is 2.31. The Morgan fingerprint density at radius 1 is 1.38 bits per heavy atom. The molecule has 1 aromatic carbocycles. The van der Waals surface area contributed by atoms with E-state index in [1.54, 1.807) is 19.1 Å². The van der Waals surface area contributed by atoms with Crippen LogP contribution < -0.4 is 0 Å². The average molecular weight is 309 g/mol. The molecule has 0 saturated heterocycles. The number of benzene rings is 1. The van der Waals surface area contributed by atoms with Crippen LogP contribution in [0, 0.1) is 0 Å². The molecule has 0 radical (unpaired) electrons. The highest BCUT2D eigenvalue weighted by Gasteiger charge is 2.09. The topological polar surface area (TPSA) is 52.8 Å². The number of phenolic OH excluding ortho intramolecular Hbond substituents is 1. The largest absolute Gasteiger partial charge is 0.506 e.